The number of ether oxygens (including phenoxy) is 1. The van der Waals surface area contributed by atoms with Gasteiger partial charge < -0.3 is 15.8 Å². The summed E-state index contributed by atoms with van der Waals surface area (Å²) in [5.41, 5.74) is 6.16. The highest BCUT2D eigenvalue weighted by Crippen LogP contribution is 2.24. The maximum absolute atomic E-state index is 5.75. The molecule has 0 aliphatic heterocycles. The van der Waals surface area contributed by atoms with Gasteiger partial charge in [0.05, 0.1) is 7.11 Å². The minimum absolute atomic E-state index is 0.0944. The Kier molecular flexibility index (Phi) is 3.28. The first-order chi connectivity index (χ1) is 6.69. The van der Waals surface area contributed by atoms with E-state index in [9.17, 15) is 0 Å². The number of nitrogen functional groups attached to an aromatic ring is 1. The molecule has 5 nitrogen and oxygen atoms in total. The Labute approximate surface area is 83.0 Å². The molecular formula is C9H14N4O. The zero-order valence-electron chi connectivity index (χ0n) is 8.32. The average Bonchev–Trinajstić information content (AvgIpc) is 2.21. The number of methoxy groups -OCH3 is 1. The summed E-state index contributed by atoms with van der Waals surface area (Å²) in [6, 6.07) is 0.0944. The molecular weight excluding hydrogens is 180 g/mol. The summed E-state index contributed by atoms with van der Waals surface area (Å²) in [6.07, 6.45) is 3.15. The molecule has 0 spiro atoms. The van der Waals surface area contributed by atoms with Crippen LogP contribution in [0, 0.1) is 0 Å². The largest absolute Gasteiger partial charge is 0.479 e. The number of aromatic nitrogens is 2. The van der Waals surface area contributed by atoms with Crippen LogP contribution in [0.1, 0.15) is 6.92 Å². The number of nitrogens with zero attached hydrogens (tertiary/aromatic N) is 2. The van der Waals surface area contributed by atoms with E-state index in [2.05, 4.69) is 21.9 Å². The number of rotatable bonds is 4. The lowest BCUT2D eigenvalue weighted by Gasteiger charge is -2.12. The van der Waals surface area contributed by atoms with Crippen LogP contribution < -0.4 is 15.8 Å². The summed E-state index contributed by atoms with van der Waals surface area (Å²) in [5, 5.41) is 3.06. The summed E-state index contributed by atoms with van der Waals surface area (Å²) in [7, 11) is 1.51. The van der Waals surface area contributed by atoms with Crippen molar-refractivity contribution in [3.63, 3.8) is 0 Å². The maximum atomic E-state index is 5.75. The number of nitrogens with two attached hydrogens (primary N) is 1. The fraction of sp³-hybridized carbons (Fsp3) is 0.333. The molecule has 0 amide bonds. The molecule has 1 unspecified atom stereocenters. The van der Waals surface area contributed by atoms with E-state index in [-0.39, 0.29) is 6.04 Å². The second-order valence-corrected chi connectivity index (χ2v) is 2.81. The number of nitrogens with one attached hydrogen (secondary N) is 1. The molecule has 0 bridgehead atoms. The van der Waals surface area contributed by atoms with E-state index in [4.69, 9.17) is 10.5 Å². The van der Waals surface area contributed by atoms with E-state index < -0.39 is 0 Å². The fourth-order valence-corrected chi connectivity index (χ4v) is 0.932. The summed E-state index contributed by atoms with van der Waals surface area (Å²) in [5.74, 6) is 0.933. The minimum Gasteiger partial charge on any atom is -0.479 e. The zero-order valence-corrected chi connectivity index (χ0v) is 8.32. The van der Waals surface area contributed by atoms with Crippen molar-refractivity contribution in [1.29, 1.82) is 0 Å². The lowest BCUT2D eigenvalue weighted by atomic mass is 10.3. The standard InChI is InChI=1S/C9H14N4O/c1-4-6(2)13-8-7(10)9(14-3)12-5-11-8/h4-6H,1,10H2,2-3H3,(H,11,12,13). The quantitative estimate of drug-likeness (QED) is 0.701. The van der Waals surface area contributed by atoms with Crippen molar-refractivity contribution in [1.82, 2.24) is 9.97 Å². The number of hydrogen-bond donors (Lipinski definition) is 2. The Morgan fingerprint density at radius 3 is 2.93 bits per heavy atom. The highest BCUT2D eigenvalue weighted by Gasteiger charge is 2.08. The molecule has 3 N–H and O–H groups in total. The molecule has 5 heteroatoms. The molecule has 1 heterocycles. The second kappa shape index (κ2) is 4.45. The molecule has 0 aliphatic carbocycles. The van der Waals surface area contributed by atoms with Crippen LogP contribution in [-0.2, 0) is 0 Å². The molecule has 1 aromatic rings. The first kappa shape index (κ1) is 10.3. The number of anilines is 2. The first-order valence-electron chi connectivity index (χ1n) is 4.22. The lowest BCUT2D eigenvalue weighted by molar-refractivity contribution is 0.399. The lowest BCUT2D eigenvalue weighted by Crippen LogP contribution is -2.14. The summed E-state index contributed by atoms with van der Waals surface area (Å²) >= 11 is 0. The van der Waals surface area contributed by atoms with Gasteiger partial charge in [-0.3, -0.25) is 0 Å². The van der Waals surface area contributed by atoms with Crippen molar-refractivity contribution in [2.24, 2.45) is 0 Å². The molecule has 1 atom stereocenters. The van der Waals surface area contributed by atoms with Gasteiger partial charge in [-0.1, -0.05) is 6.08 Å². The van der Waals surface area contributed by atoms with Gasteiger partial charge in [0.1, 0.15) is 12.0 Å². The molecule has 76 valence electrons. The molecule has 14 heavy (non-hydrogen) atoms. The zero-order chi connectivity index (χ0) is 10.6. The van der Waals surface area contributed by atoms with Crippen LogP contribution in [-0.4, -0.2) is 23.1 Å². The minimum atomic E-state index is 0.0944. The van der Waals surface area contributed by atoms with Crippen molar-refractivity contribution in [2.75, 3.05) is 18.2 Å². The first-order valence-corrected chi connectivity index (χ1v) is 4.22. The van der Waals surface area contributed by atoms with Crippen LogP contribution in [0.25, 0.3) is 0 Å². The van der Waals surface area contributed by atoms with Crippen LogP contribution in [0.2, 0.25) is 0 Å². The Balaban J connectivity index is 2.91. The van der Waals surface area contributed by atoms with Crippen LogP contribution in [0.3, 0.4) is 0 Å². The van der Waals surface area contributed by atoms with Crippen molar-refractivity contribution in [3.8, 4) is 5.88 Å². The highest BCUT2D eigenvalue weighted by atomic mass is 16.5. The van der Waals surface area contributed by atoms with E-state index in [0.29, 0.717) is 17.4 Å². The van der Waals surface area contributed by atoms with E-state index >= 15 is 0 Å². The molecule has 0 saturated heterocycles. The fourth-order valence-electron chi connectivity index (χ4n) is 0.932. The highest BCUT2D eigenvalue weighted by molar-refractivity contribution is 5.66. The SMILES string of the molecule is C=CC(C)Nc1ncnc(OC)c1N. The predicted molar refractivity (Wildman–Crippen MR) is 56.3 cm³/mol. The van der Waals surface area contributed by atoms with Gasteiger partial charge in [0, 0.05) is 6.04 Å². The van der Waals surface area contributed by atoms with Gasteiger partial charge >= 0.3 is 0 Å². The Bertz CT molecular complexity index is 327. The molecule has 0 radical (unpaired) electrons. The van der Waals surface area contributed by atoms with Crippen LogP contribution in [0.5, 0.6) is 5.88 Å². The third-order valence-electron chi connectivity index (χ3n) is 1.76. The second-order valence-electron chi connectivity index (χ2n) is 2.81. The summed E-state index contributed by atoms with van der Waals surface area (Å²) < 4.78 is 4.96. The summed E-state index contributed by atoms with van der Waals surface area (Å²) in [6.45, 7) is 5.60. The Hall–Kier alpha value is -1.78. The Morgan fingerprint density at radius 2 is 2.36 bits per heavy atom. The maximum Gasteiger partial charge on any atom is 0.242 e. The van der Waals surface area contributed by atoms with Crippen molar-refractivity contribution >= 4 is 11.5 Å². The molecule has 0 aromatic carbocycles. The smallest absolute Gasteiger partial charge is 0.242 e. The van der Waals surface area contributed by atoms with E-state index in [0.717, 1.165) is 0 Å². The molecule has 1 aromatic heterocycles. The van der Waals surface area contributed by atoms with Crippen molar-refractivity contribution in [3.05, 3.63) is 19.0 Å². The van der Waals surface area contributed by atoms with E-state index in [1.54, 1.807) is 6.08 Å². The van der Waals surface area contributed by atoms with Crippen molar-refractivity contribution < 1.29 is 4.74 Å². The normalized spacial score (nSPS) is 11.9. The van der Waals surface area contributed by atoms with Gasteiger partial charge in [0.2, 0.25) is 5.88 Å². The predicted octanol–water partition coefficient (Wildman–Crippen LogP) is 1.05. The van der Waals surface area contributed by atoms with Gasteiger partial charge in [0.15, 0.2) is 5.82 Å². The van der Waals surface area contributed by atoms with Gasteiger partial charge in [-0.05, 0) is 6.92 Å². The topological polar surface area (TPSA) is 73.1 Å². The van der Waals surface area contributed by atoms with E-state index in [1.165, 1.54) is 13.4 Å². The monoisotopic (exact) mass is 194 g/mol. The van der Waals surface area contributed by atoms with Crippen LogP contribution in [0.4, 0.5) is 11.5 Å². The Morgan fingerprint density at radius 1 is 1.64 bits per heavy atom. The van der Waals surface area contributed by atoms with E-state index in [1.807, 2.05) is 6.92 Å². The molecule has 1 rings (SSSR count). The summed E-state index contributed by atoms with van der Waals surface area (Å²) in [4.78, 5) is 7.87. The third-order valence-corrected chi connectivity index (χ3v) is 1.76. The van der Waals surface area contributed by atoms with Crippen LogP contribution >= 0.6 is 0 Å². The van der Waals surface area contributed by atoms with Gasteiger partial charge in [-0.25, -0.2) is 4.98 Å². The van der Waals surface area contributed by atoms with Gasteiger partial charge in [-0.2, -0.15) is 4.98 Å². The van der Waals surface area contributed by atoms with Crippen LogP contribution in [0.15, 0.2) is 19.0 Å². The van der Waals surface area contributed by atoms with Gasteiger partial charge in [-0.15, -0.1) is 6.58 Å². The molecule has 0 fully saturated rings. The van der Waals surface area contributed by atoms with Gasteiger partial charge in [0.25, 0.3) is 0 Å². The average molecular weight is 194 g/mol. The third kappa shape index (κ3) is 2.12. The van der Waals surface area contributed by atoms with Crippen molar-refractivity contribution in [2.45, 2.75) is 13.0 Å². The molecule has 0 aliphatic rings. The molecule has 0 saturated carbocycles. The number of hydrogen-bond acceptors (Lipinski definition) is 5.